The van der Waals surface area contributed by atoms with E-state index < -0.39 is 34.6 Å². The largest absolute Gasteiger partial charge is 0.507 e. The quantitative estimate of drug-likeness (QED) is 0.648. The van der Waals surface area contributed by atoms with E-state index in [1.807, 2.05) is 0 Å². The number of hydrogen-bond acceptors (Lipinski definition) is 6. The molecule has 2 rings (SSSR count). The van der Waals surface area contributed by atoms with E-state index in [1.54, 1.807) is 0 Å². The number of benzene rings is 2. The van der Waals surface area contributed by atoms with Crippen molar-refractivity contribution in [2.75, 3.05) is 0 Å². The van der Waals surface area contributed by atoms with Gasteiger partial charge in [0.05, 0.1) is 22.3 Å². The number of ketones is 2. The Hall–Kier alpha value is -3.02. The van der Waals surface area contributed by atoms with Crippen LogP contribution in [0.25, 0.3) is 11.1 Å². The molecule has 0 amide bonds. The zero-order valence-corrected chi connectivity index (χ0v) is 11.9. The van der Waals surface area contributed by atoms with Gasteiger partial charge in [0.1, 0.15) is 23.0 Å². The van der Waals surface area contributed by atoms with Gasteiger partial charge in [0, 0.05) is 0 Å². The van der Waals surface area contributed by atoms with Gasteiger partial charge in [0.25, 0.3) is 0 Å². The third kappa shape index (κ3) is 2.35. The van der Waals surface area contributed by atoms with Gasteiger partial charge >= 0.3 is 0 Å². The van der Waals surface area contributed by atoms with Crippen LogP contribution in [0.15, 0.2) is 24.3 Å². The highest BCUT2D eigenvalue weighted by molar-refractivity contribution is 6.04. The molecule has 0 saturated heterocycles. The van der Waals surface area contributed by atoms with Crippen LogP contribution in [0.2, 0.25) is 0 Å². The van der Waals surface area contributed by atoms with Gasteiger partial charge in [-0.2, -0.15) is 0 Å². The molecule has 0 heterocycles. The molecule has 4 N–H and O–H groups in total. The van der Waals surface area contributed by atoms with Gasteiger partial charge < -0.3 is 20.4 Å². The molecule has 0 aliphatic carbocycles. The summed E-state index contributed by atoms with van der Waals surface area (Å²) in [6.45, 7) is 2.45. The first-order valence-corrected chi connectivity index (χ1v) is 6.37. The standard InChI is InChI=1S/C16H14O6/c1-7(17)9-3-5-11(19)13(15(9)21)14-12(20)6-4-10(8(2)18)16(14)22/h3-6,19-22H,1-2H3. The van der Waals surface area contributed by atoms with Crippen LogP contribution in [-0.4, -0.2) is 32.0 Å². The summed E-state index contributed by atoms with van der Waals surface area (Å²) in [6, 6.07) is 4.76. The van der Waals surface area contributed by atoms with Gasteiger partial charge in [-0.05, 0) is 38.1 Å². The van der Waals surface area contributed by atoms with E-state index in [2.05, 4.69) is 0 Å². The summed E-state index contributed by atoms with van der Waals surface area (Å²) >= 11 is 0. The second-order valence-corrected chi connectivity index (χ2v) is 4.82. The van der Waals surface area contributed by atoms with E-state index in [0.717, 1.165) is 12.1 Å². The number of hydrogen-bond donors (Lipinski definition) is 4. The molecule has 0 saturated carbocycles. The maximum absolute atomic E-state index is 11.5. The lowest BCUT2D eigenvalue weighted by atomic mass is 9.94. The average molecular weight is 302 g/mol. The predicted molar refractivity (Wildman–Crippen MR) is 78.5 cm³/mol. The third-order valence-electron chi connectivity index (χ3n) is 3.32. The highest BCUT2D eigenvalue weighted by atomic mass is 16.3. The molecule has 6 heteroatoms. The first-order chi connectivity index (χ1) is 10.3. The van der Waals surface area contributed by atoms with Crippen LogP contribution in [0.4, 0.5) is 0 Å². The molecule has 0 fully saturated rings. The van der Waals surface area contributed by atoms with Crippen molar-refractivity contribution in [3.63, 3.8) is 0 Å². The Bertz CT molecular complexity index is 724. The summed E-state index contributed by atoms with van der Waals surface area (Å²) in [5.41, 5.74) is -0.795. The molecule has 2 aromatic rings. The Labute approximate surface area is 125 Å². The lowest BCUT2D eigenvalue weighted by Crippen LogP contribution is -1.97. The van der Waals surface area contributed by atoms with Crippen molar-refractivity contribution in [3.8, 4) is 34.1 Å². The topological polar surface area (TPSA) is 115 Å². The Morgan fingerprint density at radius 2 is 1.00 bits per heavy atom. The minimum absolute atomic E-state index is 0.0835. The SMILES string of the molecule is CC(=O)c1ccc(O)c(-c2c(O)ccc(C(C)=O)c2O)c1O. The lowest BCUT2D eigenvalue weighted by molar-refractivity contribution is 0.100. The summed E-state index contributed by atoms with van der Waals surface area (Å²) in [6.07, 6.45) is 0. The zero-order chi connectivity index (χ0) is 16.6. The molecule has 0 unspecified atom stereocenters. The maximum Gasteiger partial charge on any atom is 0.163 e. The number of phenols is 4. The fraction of sp³-hybridized carbons (Fsp3) is 0.125. The summed E-state index contributed by atoms with van der Waals surface area (Å²) in [5.74, 6) is -2.99. The fourth-order valence-corrected chi connectivity index (χ4v) is 2.22. The maximum atomic E-state index is 11.5. The molecule has 0 spiro atoms. The second kappa shape index (κ2) is 5.40. The molecule has 0 bridgehead atoms. The molecular formula is C16H14O6. The minimum Gasteiger partial charge on any atom is -0.507 e. The van der Waals surface area contributed by atoms with Crippen molar-refractivity contribution in [3.05, 3.63) is 35.4 Å². The summed E-state index contributed by atoms with van der Waals surface area (Å²) < 4.78 is 0. The molecule has 0 aromatic heterocycles. The van der Waals surface area contributed by atoms with Crippen LogP contribution < -0.4 is 0 Å². The van der Waals surface area contributed by atoms with Crippen LogP contribution in [0, 0.1) is 0 Å². The van der Waals surface area contributed by atoms with E-state index >= 15 is 0 Å². The Balaban J connectivity index is 2.88. The van der Waals surface area contributed by atoms with Crippen LogP contribution in [-0.2, 0) is 0 Å². The molecule has 0 aliphatic heterocycles. The monoisotopic (exact) mass is 302 g/mol. The molecule has 0 aliphatic rings. The van der Waals surface area contributed by atoms with E-state index in [4.69, 9.17) is 0 Å². The normalized spacial score (nSPS) is 10.5. The number of phenolic OH excluding ortho intramolecular Hbond substituents is 4. The van der Waals surface area contributed by atoms with Gasteiger partial charge in [-0.3, -0.25) is 9.59 Å². The zero-order valence-electron chi connectivity index (χ0n) is 11.9. The van der Waals surface area contributed by atoms with Gasteiger partial charge in [-0.1, -0.05) is 0 Å². The fourth-order valence-electron chi connectivity index (χ4n) is 2.22. The Morgan fingerprint density at radius 3 is 1.27 bits per heavy atom. The molecule has 22 heavy (non-hydrogen) atoms. The van der Waals surface area contributed by atoms with E-state index in [9.17, 15) is 30.0 Å². The number of rotatable bonds is 3. The summed E-state index contributed by atoms with van der Waals surface area (Å²) in [5, 5.41) is 40.3. The van der Waals surface area contributed by atoms with Crippen molar-refractivity contribution in [2.24, 2.45) is 0 Å². The third-order valence-corrected chi connectivity index (χ3v) is 3.32. The van der Waals surface area contributed by atoms with Crippen molar-refractivity contribution < 1.29 is 30.0 Å². The smallest absolute Gasteiger partial charge is 0.163 e. The van der Waals surface area contributed by atoms with Crippen molar-refractivity contribution in [1.29, 1.82) is 0 Å². The minimum atomic E-state index is -0.584. The van der Waals surface area contributed by atoms with Crippen molar-refractivity contribution in [2.45, 2.75) is 13.8 Å². The van der Waals surface area contributed by atoms with Crippen LogP contribution in [0.1, 0.15) is 34.6 Å². The van der Waals surface area contributed by atoms with Gasteiger partial charge in [0.2, 0.25) is 0 Å². The first-order valence-electron chi connectivity index (χ1n) is 6.37. The van der Waals surface area contributed by atoms with Crippen molar-refractivity contribution >= 4 is 11.6 Å². The second-order valence-electron chi connectivity index (χ2n) is 4.82. The first kappa shape index (κ1) is 15.4. The molecule has 0 radical (unpaired) electrons. The molecule has 2 aromatic carbocycles. The number of Topliss-reactive ketones (excluding diaryl/α,β-unsaturated/α-hetero) is 2. The average Bonchev–Trinajstić information content (AvgIpc) is 2.41. The molecule has 114 valence electrons. The Morgan fingerprint density at radius 1 is 0.682 bits per heavy atom. The highest BCUT2D eigenvalue weighted by Crippen LogP contribution is 2.48. The molecule has 0 atom stereocenters. The lowest BCUT2D eigenvalue weighted by Gasteiger charge is -2.14. The van der Waals surface area contributed by atoms with E-state index in [0.29, 0.717) is 0 Å². The van der Waals surface area contributed by atoms with Gasteiger partial charge in [0.15, 0.2) is 11.6 Å². The number of aromatic hydroxyl groups is 4. The summed E-state index contributed by atoms with van der Waals surface area (Å²) in [7, 11) is 0. The predicted octanol–water partition coefficient (Wildman–Crippen LogP) is 2.58. The van der Waals surface area contributed by atoms with Gasteiger partial charge in [-0.15, -0.1) is 0 Å². The van der Waals surface area contributed by atoms with Gasteiger partial charge in [-0.25, -0.2) is 0 Å². The summed E-state index contributed by atoms with van der Waals surface area (Å²) in [4.78, 5) is 23.0. The highest BCUT2D eigenvalue weighted by Gasteiger charge is 2.24. The molecular weight excluding hydrogens is 288 g/mol. The number of carbonyl (C=O) groups excluding carboxylic acids is 2. The van der Waals surface area contributed by atoms with Crippen molar-refractivity contribution in [1.82, 2.24) is 0 Å². The van der Waals surface area contributed by atoms with Crippen LogP contribution >= 0.6 is 0 Å². The Kier molecular flexibility index (Phi) is 3.77. The van der Waals surface area contributed by atoms with E-state index in [-0.39, 0.29) is 22.3 Å². The molecule has 6 nitrogen and oxygen atoms in total. The van der Waals surface area contributed by atoms with E-state index in [1.165, 1.54) is 26.0 Å². The number of carbonyl (C=O) groups is 2. The van der Waals surface area contributed by atoms with Crippen LogP contribution in [0.3, 0.4) is 0 Å². The van der Waals surface area contributed by atoms with Crippen LogP contribution in [0.5, 0.6) is 23.0 Å².